The lowest BCUT2D eigenvalue weighted by atomic mass is 9.94. The molecule has 17 heavy (non-hydrogen) atoms. The van der Waals surface area contributed by atoms with Gasteiger partial charge in [-0.1, -0.05) is 6.08 Å². The van der Waals surface area contributed by atoms with Gasteiger partial charge in [-0.2, -0.15) is 0 Å². The molecule has 1 atom stereocenters. The number of rotatable bonds is 4. The van der Waals surface area contributed by atoms with Crippen LogP contribution < -0.4 is 5.32 Å². The van der Waals surface area contributed by atoms with Crippen molar-refractivity contribution >= 4 is 11.8 Å². The summed E-state index contributed by atoms with van der Waals surface area (Å²) in [5, 5.41) is 2.92. The largest absolute Gasteiger partial charge is 0.342 e. The zero-order valence-corrected chi connectivity index (χ0v) is 10.4. The van der Waals surface area contributed by atoms with E-state index in [1.165, 1.54) is 0 Å². The first-order valence-electron chi connectivity index (χ1n) is 6.29. The Hall–Kier alpha value is -1.32. The van der Waals surface area contributed by atoms with Crippen LogP contribution in [0.1, 0.15) is 32.6 Å². The van der Waals surface area contributed by atoms with Gasteiger partial charge in [-0.15, -0.1) is 6.58 Å². The van der Waals surface area contributed by atoms with Crippen molar-refractivity contribution in [2.75, 3.05) is 13.1 Å². The molecule has 0 bridgehead atoms. The average molecular weight is 236 g/mol. The molecule has 0 spiro atoms. The molecule has 0 aromatic carbocycles. The van der Waals surface area contributed by atoms with Crippen LogP contribution in [0.4, 0.5) is 0 Å². The van der Waals surface area contributed by atoms with E-state index in [1.54, 1.807) is 4.90 Å². The molecule has 1 unspecified atom stereocenters. The topological polar surface area (TPSA) is 49.4 Å². The first-order chi connectivity index (χ1) is 8.08. The lowest BCUT2D eigenvalue weighted by Gasteiger charge is -2.32. The molecule has 1 aliphatic carbocycles. The zero-order valence-electron chi connectivity index (χ0n) is 10.4. The maximum absolute atomic E-state index is 12.5. The minimum Gasteiger partial charge on any atom is -0.342 e. The Morgan fingerprint density at radius 2 is 2.24 bits per heavy atom. The van der Waals surface area contributed by atoms with Gasteiger partial charge in [0, 0.05) is 19.5 Å². The van der Waals surface area contributed by atoms with E-state index >= 15 is 0 Å². The molecule has 4 nitrogen and oxygen atoms in total. The summed E-state index contributed by atoms with van der Waals surface area (Å²) in [4.78, 5) is 26.0. The SMILES string of the molecule is C=CCCN1CCC(=O)NC(C)(C2CC2)C1=O. The monoisotopic (exact) mass is 236 g/mol. The highest BCUT2D eigenvalue weighted by Gasteiger charge is 2.50. The van der Waals surface area contributed by atoms with Gasteiger partial charge in [0.1, 0.15) is 5.54 Å². The Labute approximate surface area is 102 Å². The van der Waals surface area contributed by atoms with Gasteiger partial charge in [-0.05, 0) is 32.1 Å². The Balaban J connectivity index is 2.16. The van der Waals surface area contributed by atoms with Crippen LogP contribution in [0.15, 0.2) is 12.7 Å². The fraction of sp³-hybridized carbons (Fsp3) is 0.692. The van der Waals surface area contributed by atoms with Crippen LogP contribution in [0.2, 0.25) is 0 Å². The lowest BCUT2D eigenvalue weighted by molar-refractivity contribution is -0.139. The summed E-state index contributed by atoms with van der Waals surface area (Å²) in [7, 11) is 0. The van der Waals surface area contributed by atoms with Gasteiger partial charge in [0.15, 0.2) is 0 Å². The first-order valence-corrected chi connectivity index (χ1v) is 6.29. The Bertz CT molecular complexity index is 349. The first kappa shape index (κ1) is 12.1. The van der Waals surface area contributed by atoms with E-state index in [0.717, 1.165) is 19.3 Å². The molecular weight excluding hydrogens is 216 g/mol. The smallest absolute Gasteiger partial charge is 0.248 e. The quantitative estimate of drug-likeness (QED) is 0.743. The van der Waals surface area contributed by atoms with Crippen molar-refractivity contribution < 1.29 is 9.59 Å². The molecule has 0 aromatic heterocycles. The van der Waals surface area contributed by atoms with Crippen molar-refractivity contribution in [3.05, 3.63) is 12.7 Å². The number of carbonyl (C=O) groups is 2. The Morgan fingerprint density at radius 1 is 1.53 bits per heavy atom. The molecule has 2 amide bonds. The second-order valence-corrected chi connectivity index (χ2v) is 5.14. The number of hydrogen-bond donors (Lipinski definition) is 1. The fourth-order valence-corrected chi connectivity index (χ4v) is 2.47. The van der Waals surface area contributed by atoms with E-state index in [-0.39, 0.29) is 11.8 Å². The third-order valence-electron chi connectivity index (χ3n) is 3.74. The average Bonchev–Trinajstić information content (AvgIpc) is 3.11. The maximum atomic E-state index is 12.5. The van der Waals surface area contributed by atoms with Crippen molar-refractivity contribution in [1.82, 2.24) is 10.2 Å². The second kappa shape index (κ2) is 4.51. The number of nitrogens with one attached hydrogen (secondary N) is 1. The summed E-state index contributed by atoms with van der Waals surface area (Å²) in [5.41, 5.74) is -0.672. The number of carbonyl (C=O) groups excluding carboxylic acids is 2. The van der Waals surface area contributed by atoms with E-state index in [9.17, 15) is 9.59 Å². The summed E-state index contributed by atoms with van der Waals surface area (Å²) in [6.45, 7) is 6.74. The number of amides is 2. The Morgan fingerprint density at radius 3 is 2.82 bits per heavy atom. The van der Waals surface area contributed by atoms with E-state index in [2.05, 4.69) is 11.9 Å². The fourth-order valence-electron chi connectivity index (χ4n) is 2.47. The van der Waals surface area contributed by atoms with Crippen molar-refractivity contribution in [2.24, 2.45) is 5.92 Å². The van der Waals surface area contributed by atoms with Crippen molar-refractivity contribution in [3.8, 4) is 0 Å². The molecule has 1 aliphatic heterocycles. The highest BCUT2D eigenvalue weighted by atomic mass is 16.2. The summed E-state index contributed by atoms with van der Waals surface area (Å²) in [5.74, 6) is 0.393. The predicted molar refractivity (Wildman–Crippen MR) is 65.3 cm³/mol. The van der Waals surface area contributed by atoms with Gasteiger partial charge in [0.2, 0.25) is 11.8 Å². The predicted octanol–water partition coefficient (Wildman–Crippen LogP) is 1.08. The molecule has 1 saturated carbocycles. The van der Waals surface area contributed by atoms with E-state index < -0.39 is 5.54 Å². The van der Waals surface area contributed by atoms with Crippen LogP contribution in [0.3, 0.4) is 0 Å². The summed E-state index contributed by atoms with van der Waals surface area (Å²) in [6, 6.07) is 0. The van der Waals surface area contributed by atoms with Crippen LogP contribution >= 0.6 is 0 Å². The van der Waals surface area contributed by atoms with Crippen molar-refractivity contribution in [3.63, 3.8) is 0 Å². The van der Waals surface area contributed by atoms with Crippen molar-refractivity contribution in [2.45, 2.75) is 38.1 Å². The third kappa shape index (κ3) is 2.35. The maximum Gasteiger partial charge on any atom is 0.248 e. The van der Waals surface area contributed by atoms with Gasteiger partial charge in [-0.25, -0.2) is 0 Å². The molecule has 0 aromatic rings. The molecule has 0 radical (unpaired) electrons. The van der Waals surface area contributed by atoms with Crippen LogP contribution in [-0.2, 0) is 9.59 Å². The number of nitrogens with zero attached hydrogens (tertiary/aromatic N) is 1. The summed E-state index contributed by atoms with van der Waals surface area (Å²) >= 11 is 0. The van der Waals surface area contributed by atoms with Gasteiger partial charge in [-0.3, -0.25) is 9.59 Å². The molecule has 1 N–H and O–H groups in total. The molecule has 2 rings (SSSR count). The van der Waals surface area contributed by atoms with Gasteiger partial charge >= 0.3 is 0 Å². The molecule has 2 fully saturated rings. The molecule has 1 saturated heterocycles. The highest BCUT2D eigenvalue weighted by Crippen LogP contribution is 2.41. The van der Waals surface area contributed by atoms with Gasteiger partial charge in [0.05, 0.1) is 0 Å². The standard InChI is InChI=1S/C13H20N2O2/c1-3-4-8-15-9-7-11(16)14-13(2,12(15)17)10-5-6-10/h3,10H,1,4-9H2,2H3,(H,14,16). The second-order valence-electron chi connectivity index (χ2n) is 5.14. The zero-order chi connectivity index (χ0) is 12.5. The van der Waals surface area contributed by atoms with Crippen LogP contribution in [0.5, 0.6) is 0 Å². The minimum atomic E-state index is -0.672. The van der Waals surface area contributed by atoms with Crippen LogP contribution in [-0.4, -0.2) is 35.3 Å². The molecule has 2 aliphatic rings. The third-order valence-corrected chi connectivity index (χ3v) is 3.74. The van der Waals surface area contributed by atoms with Crippen LogP contribution in [0.25, 0.3) is 0 Å². The minimum absolute atomic E-state index is 0.00569. The van der Waals surface area contributed by atoms with E-state index in [0.29, 0.717) is 25.4 Å². The molecule has 1 heterocycles. The highest BCUT2D eigenvalue weighted by molar-refractivity contribution is 5.93. The number of hydrogen-bond acceptors (Lipinski definition) is 2. The summed E-state index contributed by atoms with van der Waals surface area (Å²) in [6.07, 6.45) is 5.07. The molecule has 94 valence electrons. The lowest BCUT2D eigenvalue weighted by Crippen LogP contribution is -2.56. The Kier molecular flexibility index (Phi) is 3.22. The van der Waals surface area contributed by atoms with Gasteiger partial charge < -0.3 is 10.2 Å². The molecule has 4 heteroatoms. The van der Waals surface area contributed by atoms with Crippen LogP contribution in [0, 0.1) is 5.92 Å². The van der Waals surface area contributed by atoms with E-state index in [4.69, 9.17) is 0 Å². The normalized spacial score (nSPS) is 29.8. The summed E-state index contributed by atoms with van der Waals surface area (Å²) < 4.78 is 0. The van der Waals surface area contributed by atoms with Crippen molar-refractivity contribution in [1.29, 1.82) is 0 Å². The van der Waals surface area contributed by atoms with Gasteiger partial charge in [0.25, 0.3) is 0 Å². The van der Waals surface area contributed by atoms with E-state index in [1.807, 2.05) is 13.0 Å². The molecular formula is C13H20N2O2.